The molecule has 1 aromatic heterocycles. The lowest BCUT2D eigenvalue weighted by Crippen LogP contribution is -2.18. The second-order valence-electron chi connectivity index (χ2n) is 3.97. The van der Waals surface area contributed by atoms with Gasteiger partial charge in [0.1, 0.15) is 18.4 Å². The van der Waals surface area contributed by atoms with Gasteiger partial charge in [0.2, 0.25) is 0 Å². The lowest BCUT2D eigenvalue weighted by Gasteiger charge is -2.02. The molecule has 3 rings (SSSR count). The van der Waals surface area contributed by atoms with Gasteiger partial charge in [-0.2, -0.15) is 0 Å². The van der Waals surface area contributed by atoms with Crippen LogP contribution >= 0.6 is 0 Å². The van der Waals surface area contributed by atoms with E-state index in [4.69, 9.17) is 9.47 Å². The summed E-state index contributed by atoms with van der Waals surface area (Å²) in [5.74, 6) is 0.803. The van der Waals surface area contributed by atoms with Crippen molar-refractivity contribution in [1.82, 2.24) is 10.3 Å². The van der Waals surface area contributed by atoms with Gasteiger partial charge in [0.15, 0.2) is 0 Å². The van der Waals surface area contributed by atoms with E-state index in [1.54, 1.807) is 7.11 Å². The molecule has 2 N–H and O–H groups in total. The van der Waals surface area contributed by atoms with Crippen molar-refractivity contribution in [1.29, 1.82) is 0 Å². The predicted molar refractivity (Wildman–Crippen MR) is 62.1 cm³/mol. The van der Waals surface area contributed by atoms with E-state index in [2.05, 4.69) is 10.3 Å². The third kappa shape index (κ3) is 1.69. The smallest absolute Gasteiger partial charge is 0.407 e. The molecule has 1 saturated heterocycles. The summed E-state index contributed by atoms with van der Waals surface area (Å²) in [5, 5.41) is 3.82. The minimum Gasteiger partial charge on any atom is -0.497 e. The molecule has 0 spiro atoms. The number of benzene rings is 1. The first kappa shape index (κ1) is 10.0. The largest absolute Gasteiger partial charge is 0.497 e. The molecule has 1 atom stereocenters. The summed E-state index contributed by atoms with van der Waals surface area (Å²) in [6, 6.07) is 7.72. The number of carbonyl (C=O) groups is 1. The highest BCUT2D eigenvalue weighted by Crippen LogP contribution is 2.25. The van der Waals surface area contributed by atoms with Gasteiger partial charge in [-0.15, -0.1) is 0 Å². The predicted octanol–water partition coefficient (Wildman–Crippen LogP) is 1.96. The minimum atomic E-state index is -0.369. The van der Waals surface area contributed by atoms with E-state index in [1.807, 2.05) is 24.3 Å². The van der Waals surface area contributed by atoms with E-state index in [1.165, 1.54) is 0 Å². The molecule has 5 nitrogen and oxygen atoms in total. The van der Waals surface area contributed by atoms with Crippen LogP contribution in [0.25, 0.3) is 10.9 Å². The van der Waals surface area contributed by atoms with Crippen molar-refractivity contribution in [3.05, 3.63) is 30.0 Å². The zero-order valence-corrected chi connectivity index (χ0v) is 9.32. The number of cyclic esters (lactones) is 1. The van der Waals surface area contributed by atoms with Crippen molar-refractivity contribution in [2.75, 3.05) is 13.7 Å². The van der Waals surface area contributed by atoms with Crippen LogP contribution in [0, 0.1) is 0 Å². The van der Waals surface area contributed by atoms with E-state index in [-0.39, 0.29) is 12.1 Å². The number of aromatic amines is 1. The lowest BCUT2D eigenvalue weighted by molar-refractivity contribution is 0.177. The summed E-state index contributed by atoms with van der Waals surface area (Å²) in [4.78, 5) is 14.2. The Labute approximate surface area is 97.7 Å². The van der Waals surface area contributed by atoms with E-state index in [9.17, 15) is 4.79 Å². The number of ether oxygens (including phenoxy) is 2. The summed E-state index contributed by atoms with van der Waals surface area (Å²) in [5.41, 5.74) is 1.93. The quantitative estimate of drug-likeness (QED) is 0.831. The van der Waals surface area contributed by atoms with E-state index < -0.39 is 0 Å². The third-order valence-electron chi connectivity index (χ3n) is 2.90. The Bertz CT molecular complexity index is 576. The topological polar surface area (TPSA) is 63.4 Å². The Morgan fingerprint density at radius 1 is 1.41 bits per heavy atom. The van der Waals surface area contributed by atoms with Crippen LogP contribution in [0.2, 0.25) is 0 Å². The van der Waals surface area contributed by atoms with Gasteiger partial charge in [-0.25, -0.2) is 4.79 Å². The lowest BCUT2D eigenvalue weighted by atomic mass is 10.2. The average Bonchev–Trinajstić information content (AvgIpc) is 2.93. The molecule has 1 aromatic carbocycles. The first-order chi connectivity index (χ1) is 8.26. The maximum absolute atomic E-state index is 11.0. The molecule has 1 amide bonds. The van der Waals surface area contributed by atoms with Crippen molar-refractivity contribution < 1.29 is 14.3 Å². The molecule has 17 heavy (non-hydrogen) atoms. The number of amides is 1. The number of alkyl carbamates (subject to hydrolysis) is 1. The second-order valence-corrected chi connectivity index (χ2v) is 3.97. The van der Waals surface area contributed by atoms with Gasteiger partial charge in [0.05, 0.1) is 7.11 Å². The van der Waals surface area contributed by atoms with Crippen molar-refractivity contribution >= 4 is 17.0 Å². The molecule has 2 heterocycles. The maximum Gasteiger partial charge on any atom is 0.407 e. The van der Waals surface area contributed by atoms with E-state index in [0.717, 1.165) is 22.3 Å². The van der Waals surface area contributed by atoms with Crippen molar-refractivity contribution in [3.63, 3.8) is 0 Å². The minimum absolute atomic E-state index is 0.0964. The van der Waals surface area contributed by atoms with Crippen molar-refractivity contribution in [2.45, 2.75) is 6.04 Å². The number of hydrogen-bond donors (Lipinski definition) is 2. The molecule has 0 aliphatic carbocycles. The second kappa shape index (κ2) is 3.69. The fourth-order valence-electron chi connectivity index (χ4n) is 2.00. The summed E-state index contributed by atoms with van der Waals surface area (Å²) in [6.45, 7) is 0.364. The Kier molecular flexibility index (Phi) is 2.18. The number of H-pyrrole nitrogens is 1. The van der Waals surface area contributed by atoms with E-state index >= 15 is 0 Å². The van der Waals surface area contributed by atoms with Crippen LogP contribution in [-0.2, 0) is 4.74 Å². The number of fused-ring (bicyclic) bond motifs is 1. The summed E-state index contributed by atoms with van der Waals surface area (Å²) < 4.78 is 10.0. The summed E-state index contributed by atoms with van der Waals surface area (Å²) in [7, 11) is 1.63. The Hall–Kier alpha value is -2.17. The van der Waals surface area contributed by atoms with Crippen LogP contribution in [-0.4, -0.2) is 24.8 Å². The number of nitrogens with one attached hydrogen (secondary N) is 2. The van der Waals surface area contributed by atoms with Crippen molar-refractivity contribution in [2.24, 2.45) is 0 Å². The van der Waals surface area contributed by atoms with Crippen LogP contribution < -0.4 is 10.1 Å². The molecule has 88 valence electrons. The highest BCUT2D eigenvalue weighted by Gasteiger charge is 2.25. The van der Waals surface area contributed by atoms with Gasteiger partial charge in [-0.1, -0.05) is 0 Å². The van der Waals surface area contributed by atoms with Gasteiger partial charge in [-0.3, -0.25) is 0 Å². The first-order valence-corrected chi connectivity index (χ1v) is 5.36. The Morgan fingerprint density at radius 3 is 3.00 bits per heavy atom. The fourth-order valence-corrected chi connectivity index (χ4v) is 2.00. The highest BCUT2D eigenvalue weighted by atomic mass is 16.6. The third-order valence-corrected chi connectivity index (χ3v) is 2.90. The average molecular weight is 232 g/mol. The molecule has 5 heteroatoms. The van der Waals surface area contributed by atoms with Crippen LogP contribution in [0.5, 0.6) is 5.75 Å². The van der Waals surface area contributed by atoms with Crippen molar-refractivity contribution in [3.8, 4) is 5.75 Å². The number of methoxy groups -OCH3 is 1. The molecule has 2 aromatic rings. The van der Waals surface area contributed by atoms with Crippen LogP contribution in [0.1, 0.15) is 11.7 Å². The number of hydrogen-bond acceptors (Lipinski definition) is 3. The number of rotatable bonds is 2. The monoisotopic (exact) mass is 232 g/mol. The molecule has 1 unspecified atom stereocenters. The molecule has 0 bridgehead atoms. The fraction of sp³-hybridized carbons (Fsp3) is 0.250. The number of aromatic nitrogens is 1. The number of carbonyl (C=O) groups excluding carboxylic acids is 1. The maximum atomic E-state index is 11.0. The Balaban J connectivity index is 1.98. The molecule has 1 aliphatic rings. The standard InChI is InChI=1S/C12H12N2O3/c1-16-8-3-2-7-4-10(13-9(7)5-8)11-6-17-12(15)14-11/h2-5,11,13H,6H2,1H3,(H,14,15). The highest BCUT2D eigenvalue weighted by molar-refractivity contribution is 5.82. The van der Waals surface area contributed by atoms with Gasteiger partial charge in [-0.05, 0) is 23.6 Å². The summed E-state index contributed by atoms with van der Waals surface area (Å²) in [6.07, 6.45) is -0.369. The van der Waals surface area contributed by atoms with Gasteiger partial charge in [0.25, 0.3) is 0 Å². The van der Waals surface area contributed by atoms with Crippen LogP contribution in [0.4, 0.5) is 4.79 Å². The van der Waals surface area contributed by atoms with E-state index in [0.29, 0.717) is 6.61 Å². The first-order valence-electron chi connectivity index (χ1n) is 5.36. The normalized spacial score (nSPS) is 19.1. The van der Waals surface area contributed by atoms with Gasteiger partial charge < -0.3 is 19.8 Å². The summed E-state index contributed by atoms with van der Waals surface area (Å²) >= 11 is 0. The van der Waals surface area contributed by atoms with Gasteiger partial charge in [0, 0.05) is 17.3 Å². The molecular formula is C12H12N2O3. The molecular weight excluding hydrogens is 220 g/mol. The molecule has 1 aliphatic heterocycles. The van der Waals surface area contributed by atoms with Crippen LogP contribution in [0.3, 0.4) is 0 Å². The molecule has 0 saturated carbocycles. The van der Waals surface area contributed by atoms with Crippen LogP contribution in [0.15, 0.2) is 24.3 Å². The molecule has 1 fully saturated rings. The van der Waals surface area contributed by atoms with Gasteiger partial charge >= 0.3 is 6.09 Å². The Morgan fingerprint density at radius 2 is 2.29 bits per heavy atom. The molecule has 0 radical (unpaired) electrons. The SMILES string of the molecule is COc1ccc2cc(C3COC(=O)N3)[nH]c2c1. The zero-order valence-electron chi connectivity index (χ0n) is 9.32. The zero-order chi connectivity index (χ0) is 11.8.